The van der Waals surface area contributed by atoms with Crippen LogP contribution in [0.3, 0.4) is 0 Å². The number of likely N-dealkylation sites (tertiary alicyclic amines) is 1. The van der Waals surface area contributed by atoms with Gasteiger partial charge in [-0.25, -0.2) is 14.8 Å². The van der Waals surface area contributed by atoms with Crippen LogP contribution in [-0.2, 0) is 4.74 Å². The molecule has 2 aliphatic rings. The predicted octanol–water partition coefficient (Wildman–Crippen LogP) is 3.08. The monoisotopic (exact) mass is 382 g/mol. The molecule has 0 aliphatic carbocycles. The summed E-state index contributed by atoms with van der Waals surface area (Å²) in [5.41, 5.74) is -0.290. The molecule has 126 valence electrons. The zero-order chi connectivity index (χ0) is 16.7. The molecule has 7 heteroatoms. The van der Waals surface area contributed by atoms with E-state index in [0.29, 0.717) is 0 Å². The highest BCUT2D eigenvalue weighted by Crippen LogP contribution is 2.42. The quantitative estimate of drug-likeness (QED) is 0.746. The third-order valence-corrected chi connectivity index (χ3v) is 5.04. The van der Waals surface area contributed by atoms with Gasteiger partial charge in [0, 0.05) is 37.8 Å². The van der Waals surface area contributed by atoms with Crippen molar-refractivity contribution in [3.63, 3.8) is 0 Å². The van der Waals surface area contributed by atoms with E-state index in [4.69, 9.17) is 4.74 Å². The molecule has 2 aliphatic heterocycles. The summed E-state index contributed by atoms with van der Waals surface area (Å²) in [6.07, 6.45) is 5.24. The maximum atomic E-state index is 12.3. The summed E-state index contributed by atoms with van der Waals surface area (Å²) in [4.78, 5) is 24.8. The fraction of sp³-hybridized carbons (Fsp3) is 0.688. The van der Waals surface area contributed by atoms with Crippen molar-refractivity contribution in [2.75, 3.05) is 31.1 Å². The number of ether oxygens (including phenoxy) is 1. The second-order valence-electron chi connectivity index (χ2n) is 7.52. The predicted molar refractivity (Wildman–Crippen MR) is 91.4 cm³/mol. The van der Waals surface area contributed by atoms with Crippen LogP contribution in [0.2, 0.25) is 0 Å². The molecule has 1 spiro atoms. The minimum Gasteiger partial charge on any atom is -0.444 e. The second-order valence-corrected chi connectivity index (χ2v) is 8.37. The molecule has 1 atom stereocenters. The van der Waals surface area contributed by atoms with Crippen LogP contribution < -0.4 is 4.90 Å². The van der Waals surface area contributed by atoms with Gasteiger partial charge in [0.25, 0.3) is 0 Å². The molecule has 0 N–H and O–H groups in total. The molecule has 0 radical (unpaired) electrons. The Labute approximate surface area is 145 Å². The van der Waals surface area contributed by atoms with Crippen molar-refractivity contribution in [3.05, 3.63) is 17.0 Å². The highest BCUT2D eigenvalue weighted by molar-refractivity contribution is 9.10. The third-order valence-electron chi connectivity index (χ3n) is 4.48. The summed E-state index contributed by atoms with van der Waals surface area (Å²) < 4.78 is 6.42. The normalized spacial score (nSPS) is 24.5. The summed E-state index contributed by atoms with van der Waals surface area (Å²) >= 11 is 3.52. The first-order valence-corrected chi connectivity index (χ1v) is 8.76. The van der Waals surface area contributed by atoms with Gasteiger partial charge in [-0.05, 0) is 49.5 Å². The minimum atomic E-state index is -0.444. The summed E-state index contributed by atoms with van der Waals surface area (Å²) in [5, 5.41) is 0. The van der Waals surface area contributed by atoms with Crippen molar-refractivity contribution >= 4 is 27.8 Å². The lowest BCUT2D eigenvalue weighted by atomic mass is 9.86. The topological polar surface area (TPSA) is 58.6 Å². The molecule has 3 heterocycles. The Hall–Kier alpha value is -1.37. The Kier molecular flexibility index (Phi) is 4.25. The Morgan fingerprint density at radius 1 is 1.30 bits per heavy atom. The van der Waals surface area contributed by atoms with E-state index in [-0.39, 0.29) is 11.5 Å². The fourth-order valence-corrected chi connectivity index (χ4v) is 3.88. The third kappa shape index (κ3) is 3.59. The van der Waals surface area contributed by atoms with Crippen LogP contribution in [0.15, 0.2) is 17.0 Å². The molecule has 2 saturated heterocycles. The zero-order valence-electron chi connectivity index (χ0n) is 13.9. The van der Waals surface area contributed by atoms with Gasteiger partial charge in [-0.2, -0.15) is 0 Å². The van der Waals surface area contributed by atoms with Gasteiger partial charge in [0.05, 0.1) is 4.47 Å². The van der Waals surface area contributed by atoms with Crippen LogP contribution in [0.25, 0.3) is 0 Å². The van der Waals surface area contributed by atoms with E-state index in [0.717, 1.165) is 49.3 Å². The molecule has 1 amide bonds. The van der Waals surface area contributed by atoms with Crippen molar-refractivity contribution < 1.29 is 9.53 Å². The van der Waals surface area contributed by atoms with Crippen LogP contribution in [0, 0.1) is 5.41 Å². The van der Waals surface area contributed by atoms with Gasteiger partial charge in [0.1, 0.15) is 17.7 Å². The smallest absolute Gasteiger partial charge is 0.410 e. The van der Waals surface area contributed by atoms with Gasteiger partial charge in [-0.1, -0.05) is 0 Å². The minimum absolute atomic E-state index is 0.154. The van der Waals surface area contributed by atoms with Crippen LogP contribution in [0.5, 0.6) is 0 Å². The van der Waals surface area contributed by atoms with Crippen LogP contribution in [0.4, 0.5) is 10.6 Å². The number of carbonyl (C=O) groups is 1. The number of anilines is 1. The fourth-order valence-electron chi connectivity index (χ4n) is 3.41. The Balaban J connectivity index is 1.65. The van der Waals surface area contributed by atoms with E-state index in [1.165, 1.54) is 0 Å². The highest BCUT2D eigenvalue weighted by atomic mass is 79.9. The van der Waals surface area contributed by atoms with Gasteiger partial charge in [0.2, 0.25) is 0 Å². The first-order chi connectivity index (χ1) is 10.8. The zero-order valence-corrected chi connectivity index (χ0v) is 15.5. The van der Waals surface area contributed by atoms with Gasteiger partial charge >= 0.3 is 6.09 Å². The van der Waals surface area contributed by atoms with E-state index < -0.39 is 5.60 Å². The lowest BCUT2D eigenvalue weighted by molar-refractivity contribution is 0.0276. The van der Waals surface area contributed by atoms with E-state index in [1.807, 2.05) is 25.7 Å². The number of hydrogen-bond donors (Lipinski definition) is 0. The number of rotatable bonds is 1. The number of amides is 1. The molecular formula is C16H23BrN4O2. The Morgan fingerprint density at radius 2 is 2.04 bits per heavy atom. The van der Waals surface area contributed by atoms with Gasteiger partial charge < -0.3 is 14.5 Å². The standard InChI is InChI=1S/C16H23BrN4O2/c1-15(2,3)23-14(22)21-7-5-16(10-21)4-6-20(9-16)13-12(17)8-18-11-19-13/h8,11H,4-7,9-10H2,1-3H3. The van der Waals surface area contributed by atoms with E-state index in [2.05, 4.69) is 30.8 Å². The van der Waals surface area contributed by atoms with Crippen molar-refractivity contribution in [2.24, 2.45) is 5.41 Å². The largest absolute Gasteiger partial charge is 0.444 e. The van der Waals surface area contributed by atoms with E-state index in [1.54, 1.807) is 12.5 Å². The van der Waals surface area contributed by atoms with Gasteiger partial charge in [-0.3, -0.25) is 0 Å². The Bertz CT molecular complexity index is 604. The van der Waals surface area contributed by atoms with Gasteiger partial charge in [-0.15, -0.1) is 0 Å². The first kappa shape index (κ1) is 16.5. The molecule has 23 heavy (non-hydrogen) atoms. The second kappa shape index (κ2) is 5.92. The molecule has 0 saturated carbocycles. The number of nitrogens with zero attached hydrogens (tertiary/aromatic N) is 4. The number of hydrogen-bond acceptors (Lipinski definition) is 5. The lowest BCUT2D eigenvalue weighted by Gasteiger charge is -2.27. The maximum absolute atomic E-state index is 12.3. The summed E-state index contributed by atoms with van der Waals surface area (Å²) in [7, 11) is 0. The number of carbonyl (C=O) groups excluding carboxylic acids is 1. The average Bonchev–Trinajstić information content (AvgIpc) is 3.06. The molecule has 0 bridgehead atoms. The Morgan fingerprint density at radius 3 is 2.74 bits per heavy atom. The molecule has 0 aromatic carbocycles. The molecule has 3 rings (SSSR count). The molecule has 1 aromatic heterocycles. The number of aromatic nitrogens is 2. The van der Waals surface area contributed by atoms with Gasteiger partial charge in [0.15, 0.2) is 0 Å². The van der Waals surface area contributed by atoms with Crippen molar-refractivity contribution in [3.8, 4) is 0 Å². The van der Waals surface area contributed by atoms with Crippen molar-refractivity contribution in [1.29, 1.82) is 0 Å². The SMILES string of the molecule is CC(C)(C)OC(=O)N1CCC2(CCN(c3ncncc3Br)C2)C1. The maximum Gasteiger partial charge on any atom is 0.410 e. The van der Waals surface area contributed by atoms with Crippen LogP contribution in [-0.4, -0.2) is 52.7 Å². The molecule has 1 aromatic rings. The molecular weight excluding hydrogens is 360 g/mol. The van der Waals surface area contributed by atoms with Crippen LogP contribution >= 0.6 is 15.9 Å². The highest BCUT2D eigenvalue weighted by Gasteiger charge is 2.46. The summed E-state index contributed by atoms with van der Waals surface area (Å²) in [6.45, 7) is 9.12. The van der Waals surface area contributed by atoms with Crippen molar-refractivity contribution in [1.82, 2.24) is 14.9 Å². The lowest BCUT2D eigenvalue weighted by Crippen LogP contribution is -2.37. The summed E-state index contributed by atoms with van der Waals surface area (Å²) in [5.74, 6) is 0.938. The van der Waals surface area contributed by atoms with Crippen LogP contribution in [0.1, 0.15) is 33.6 Å². The average molecular weight is 383 g/mol. The van der Waals surface area contributed by atoms with E-state index in [9.17, 15) is 4.79 Å². The molecule has 6 nitrogen and oxygen atoms in total. The van der Waals surface area contributed by atoms with Crippen molar-refractivity contribution in [2.45, 2.75) is 39.2 Å². The molecule has 1 unspecified atom stereocenters. The first-order valence-electron chi connectivity index (χ1n) is 7.96. The number of halogens is 1. The molecule has 2 fully saturated rings. The summed E-state index contributed by atoms with van der Waals surface area (Å²) in [6, 6.07) is 0. The van der Waals surface area contributed by atoms with E-state index >= 15 is 0 Å².